The summed E-state index contributed by atoms with van der Waals surface area (Å²) >= 11 is 4.96. The highest BCUT2D eigenvalue weighted by Crippen LogP contribution is 2.08. The molecule has 74 valence electrons. The van der Waals surface area contributed by atoms with Gasteiger partial charge in [0, 0.05) is 19.0 Å². The van der Waals surface area contributed by atoms with Crippen molar-refractivity contribution >= 4 is 17.3 Å². The van der Waals surface area contributed by atoms with Gasteiger partial charge >= 0.3 is 0 Å². The molecule has 0 amide bonds. The summed E-state index contributed by atoms with van der Waals surface area (Å²) in [5.41, 5.74) is 1.30. The van der Waals surface area contributed by atoms with Crippen molar-refractivity contribution in [3.05, 3.63) is 35.9 Å². The number of nitrogens with one attached hydrogen (secondary N) is 1. The lowest BCUT2D eigenvalue weighted by Crippen LogP contribution is -2.28. The van der Waals surface area contributed by atoms with E-state index in [1.807, 2.05) is 18.2 Å². The molecular weight excluding hydrogens is 194 g/mol. The Morgan fingerprint density at radius 2 is 2.14 bits per heavy atom. The van der Waals surface area contributed by atoms with E-state index in [1.54, 1.807) is 0 Å². The molecule has 0 aromatic heterocycles. The zero-order valence-corrected chi connectivity index (χ0v) is 8.72. The molecular formula is C11H13NOS. The largest absolute Gasteiger partial charge is 0.485 e. The Morgan fingerprint density at radius 3 is 2.79 bits per heavy atom. The Labute approximate surface area is 89.3 Å². The average molecular weight is 207 g/mol. The van der Waals surface area contributed by atoms with E-state index in [2.05, 4.69) is 17.4 Å². The Bertz CT molecular complexity index is 312. The van der Waals surface area contributed by atoms with Crippen molar-refractivity contribution in [3.8, 4) is 0 Å². The van der Waals surface area contributed by atoms with Gasteiger partial charge in [-0.3, -0.25) is 0 Å². The van der Waals surface area contributed by atoms with E-state index in [0.29, 0.717) is 12.6 Å². The molecule has 14 heavy (non-hydrogen) atoms. The normalized spacial score (nSPS) is 20.9. The maximum atomic E-state index is 5.22. The summed E-state index contributed by atoms with van der Waals surface area (Å²) in [4.78, 5) is 0. The maximum Gasteiger partial charge on any atom is 0.161 e. The third kappa shape index (κ3) is 2.53. The Balaban J connectivity index is 1.80. The molecule has 2 nitrogen and oxygen atoms in total. The van der Waals surface area contributed by atoms with Gasteiger partial charge in [-0.1, -0.05) is 30.3 Å². The average Bonchev–Trinajstić information content (AvgIpc) is 2.63. The summed E-state index contributed by atoms with van der Waals surface area (Å²) in [7, 11) is 0. The maximum absolute atomic E-state index is 5.22. The van der Waals surface area contributed by atoms with Crippen LogP contribution in [0.4, 0.5) is 0 Å². The molecule has 1 aliphatic heterocycles. The first-order valence-corrected chi connectivity index (χ1v) is 5.18. The molecule has 1 saturated heterocycles. The second-order valence-electron chi connectivity index (χ2n) is 3.45. The van der Waals surface area contributed by atoms with Crippen LogP contribution in [0.1, 0.15) is 12.0 Å². The standard InChI is InChI=1S/C11H13NOS/c14-11-6-10(8-13-11)12-7-9-4-2-1-3-5-9/h1-5,10,12H,6-8H2/t10-/m1/s1. The highest BCUT2D eigenvalue weighted by Gasteiger charge is 2.19. The molecule has 1 atom stereocenters. The van der Waals surface area contributed by atoms with Crippen LogP contribution in [0, 0.1) is 0 Å². The van der Waals surface area contributed by atoms with Crippen LogP contribution in [0.3, 0.4) is 0 Å². The van der Waals surface area contributed by atoms with Crippen molar-refractivity contribution in [1.82, 2.24) is 5.32 Å². The first kappa shape index (κ1) is 9.62. The smallest absolute Gasteiger partial charge is 0.161 e. The Hall–Kier alpha value is -0.930. The number of thiocarbonyl (C=S) groups is 1. The minimum atomic E-state index is 0.391. The van der Waals surface area contributed by atoms with Crippen molar-refractivity contribution in [2.75, 3.05) is 6.61 Å². The second kappa shape index (κ2) is 4.53. The minimum Gasteiger partial charge on any atom is -0.485 e. The summed E-state index contributed by atoms with van der Waals surface area (Å²) in [5.74, 6) is 0. The third-order valence-corrected chi connectivity index (χ3v) is 2.58. The van der Waals surface area contributed by atoms with E-state index in [0.717, 1.165) is 18.0 Å². The van der Waals surface area contributed by atoms with Crippen LogP contribution in [0.15, 0.2) is 30.3 Å². The summed E-state index contributed by atoms with van der Waals surface area (Å²) < 4.78 is 5.22. The fourth-order valence-corrected chi connectivity index (χ4v) is 1.77. The van der Waals surface area contributed by atoms with E-state index in [1.165, 1.54) is 5.56 Å². The predicted molar refractivity (Wildman–Crippen MR) is 60.2 cm³/mol. The van der Waals surface area contributed by atoms with Crippen LogP contribution in [0.2, 0.25) is 0 Å². The molecule has 0 radical (unpaired) electrons. The molecule has 1 heterocycles. The zero-order chi connectivity index (χ0) is 9.80. The van der Waals surface area contributed by atoms with Gasteiger partial charge in [-0.25, -0.2) is 0 Å². The molecule has 1 aliphatic rings. The van der Waals surface area contributed by atoms with E-state index in [4.69, 9.17) is 17.0 Å². The van der Waals surface area contributed by atoms with Gasteiger partial charge in [-0.05, 0) is 17.8 Å². The predicted octanol–water partition coefficient (Wildman–Crippen LogP) is 1.89. The Kier molecular flexibility index (Phi) is 3.11. The molecule has 1 aromatic rings. The van der Waals surface area contributed by atoms with Gasteiger partial charge in [0.1, 0.15) is 6.61 Å². The summed E-state index contributed by atoms with van der Waals surface area (Å²) in [6, 6.07) is 10.7. The van der Waals surface area contributed by atoms with Gasteiger partial charge in [0.2, 0.25) is 0 Å². The van der Waals surface area contributed by atoms with Crippen LogP contribution >= 0.6 is 12.2 Å². The summed E-state index contributed by atoms with van der Waals surface area (Å²) in [6.07, 6.45) is 0.863. The van der Waals surface area contributed by atoms with Gasteiger partial charge < -0.3 is 10.1 Å². The lowest BCUT2D eigenvalue weighted by Gasteiger charge is -2.08. The topological polar surface area (TPSA) is 21.3 Å². The molecule has 2 rings (SSSR count). The lowest BCUT2D eigenvalue weighted by atomic mass is 10.2. The fourth-order valence-electron chi connectivity index (χ4n) is 1.50. The molecule has 1 N–H and O–H groups in total. The first-order valence-electron chi connectivity index (χ1n) is 4.77. The molecule has 1 fully saturated rings. The van der Waals surface area contributed by atoms with Gasteiger partial charge in [0.15, 0.2) is 5.05 Å². The molecule has 0 aliphatic carbocycles. The monoisotopic (exact) mass is 207 g/mol. The Morgan fingerprint density at radius 1 is 1.36 bits per heavy atom. The van der Waals surface area contributed by atoms with E-state index >= 15 is 0 Å². The molecule has 0 spiro atoms. The lowest BCUT2D eigenvalue weighted by molar-refractivity contribution is 0.313. The molecule has 0 bridgehead atoms. The summed E-state index contributed by atoms with van der Waals surface area (Å²) in [6.45, 7) is 1.60. The number of rotatable bonds is 3. The van der Waals surface area contributed by atoms with Gasteiger partial charge in [-0.2, -0.15) is 0 Å². The van der Waals surface area contributed by atoms with E-state index in [9.17, 15) is 0 Å². The number of hydrogen-bond donors (Lipinski definition) is 1. The van der Waals surface area contributed by atoms with E-state index in [-0.39, 0.29) is 0 Å². The SMILES string of the molecule is S=C1C[C@@H](NCc2ccccc2)CO1. The van der Waals surface area contributed by atoms with Crippen LogP contribution < -0.4 is 5.32 Å². The van der Waals surface area contributed by atoms with Crippen molar-refractivity contribution in [2.45, 2.75) is 19.0 Å². The van der Waals surface area contributed by atoms with E-state index < -0.39 is 0 Å². The van der Waals surface area contributed by atoms with Crippen molar-refractivity contribution in [1.29, 1.82) is 0 Å². The van der Waals surface area contributed by atoms with Crippen LogP contribution in [-0.2, 0) is 11.3 Å². The van der Waals surface area contributed by atoms with Gasteiger partial charge in [0.05, 0.1) is 0 Å². The molecule has 0 unspecified atom stereocenters. The molecule has 0 saturated carbocycles. The number of benzene rings is 1. The highest BCUT2D eigenvalue weighted by molar-refractivity contribution is 7.80. The van der Waals surface area contributed by atoms with Crippen LogP contribution in [0.25, 0.3) is 0 Å². The number of hydrogen-bond acceptors (Lipinski definition) is 3. The summed E-state index contributed by atoms with van der Waals surface area (Å²) in [5, 5.41) is 4.15. The van der Waals surface area contributed by atoms with Crippen LogP contribution in [-0.4, -0.2) is 17.7 Å². The number of ether oxygens (including phenoxy) is 1. The third-order valence-electron chi connectivity index (χ3n) is 2.30. The molecule has 3 heteroatoms. The first-order chi connectivity index (χ1) is 6.84. The zero-order valence-electron chi connectivity index (χ0n) is 7.90. The van der Waals surface area contributed by atoms with Crippen LogP contribution in [0.5, 0.6) is 0 Å². The van der Waals surface area contributed by atoms with Crippen molar-refractivity contribution in [3.63, 3.8) is 0 Å². The van der Waals surface area contributed by atoms with Crippen molar-refractivity contribution < 1.29 is 4.74 Å². The second-order valence-corrected chi connectivity index (χ2v) is 3.91. The minimum absolute atomic E-state index is 0.391. The molecule has 1 aromatic carbocycles. The quantitative estimate of drug-likeness (QED) is 0.765. The van der Waals surface area contributed by atoms with Gasteiger partial charge in [0.25, 0.3) is 0 Å². The fraction of sp³-hybridized carbons (Fsp3) is 0.364. The van der Waals surface area contributed by atoms with Crippen molar-refractivity contribution in [2.24, 2.45) is 0 Å². The van der Waals surface area contributed by atoms with Gasteiger partial charge in [-0.15, -0.1) is 0 Å². The highest BCUT2D eigenvalue weighted by atomic mass is 32.1.